The molecule has 0 bridgehead atoms. The van der Waals surface area contributed by atoms with Crippen LogP contribution >= 0.6 is 54.5 Å². The van der Waals surface area contributed by atoms with Crippen molar-refractivity contribution in [2.24, 2.45) is 10.1 Å². The fraction of sp³-hybridized carbons (Fsp3) is 0.312. The van der Waals surface area contributed by atoms with Crippen molar-refractivity contribution in [3.8, 4) is 0 Å². The van der Waals surface area contributed by atoms with Gasteiger partial charge in [0.2, 0.25) is 0 Å². The van der Waals surface area contributed by atoms with E-state index in [-0.39, 0.29) is 18.3 Å². The zero-order chi connectivity index (χ0) is 22.1. The number of azide groups is 1. The third-order valence-electron chi connectivity index (χ3n) is 3.15. The monoisotopic (exact) mass is 576 g/mol. The summed E-state index contributed by atoms with van der Waals surface area (Å²) in [5, 5.41) is 5.79. The minimum absolute atomic E-state index is 0.109. The third kappa shape index (κ3) is 6.99. The number of carbonyl (C=O) groups is 2. The molecule has 10 nitrogen and oxygen atoms in total. The number of hydrogen-bond donors (Lipinski definition) is 0. The molecule has 1 aliphatic heterocycles. The summed E-state index contributed by atoms with van der Waals surface area (Å²) in [6.45, 7) is 4.05. The molecule has 3 rings (SSSR count). The van der Waals surface area contributed by atoms with E-state index in [1.807, 2.05) is 0 Å². The van der Waals surface area contributed by atoms with Gasteiger partial charge in [0, 0.05) is 16.7 Å². The Morgan fingerprint density at radius 2 is 2.00 bits per heavy atom. The number of carbonyl (C=O) groups excluding carboxylic acids is 2. The Bertz CT molecular complexity index is 1040. The number of fused-ring (bicyclic) bond motifs is 1. The first-order valence-corrected chi connectivity index (χ1v) is 11.6. The van der Waals surface area contributed by atoms with Gasteiger partial charge in [-0.15, -0.1) is 11.3 Å². The molecule has 30 heavy (non-hydrogen) atoms. The van der Waals surface area contributed by atoms with E-state index in [9.17, 15) is 9.59 Å². The van der Waals surface area contributed by atoms with E-state index in [1.165, 1.54) is 28.7 Å². The molecule has 14 heteroatoms. The summed E-state index contributed by atoms with van der Waals surface area (Å²) in [4.78, 5) is 37.6. The molecular weight excluding hydrogens is 564 g/mol. The number of nitrogens with zero attached hydrogens (tertiary/aromatic N) is 6. The molecular formula is C16H14Br2N6O4S2. The van der Waals surface area contributed by atoms with E-state index in [2.05, 4.69) is 56.8 Å². The van der Waals surface area contributed by atoms with Crippen LogP contribution in [0.3, 0.4) is 0 Å². The summed E-state index contributed by atoms with van der Waals surface area (Å²) >= 11 is 9.24. The molecule has 0 fully saturated rings. The van der Waals surface area contributed by atoms with Gasteiger partial charge in [-0.05, 0) is 57.3 Å². The van der Waals surface area contributed by atoms with Crippen molar-refractivity contribution in [1.82, 2.24) is 9.97 Å². The van der Waals surface area contributed by atoms with Gasteiger partial charge in [-0.25, -0.2) is 24.5 Å². The van der Waals surface area contributed by atoms with Crippen molar-refractivity contribution in [1.29, 1.82) is 0 Å². The summed E-state index contributed by atoms with van der Waals surface area (Å²) in [6.07, 6.45) is 1.86. The zero-order valence-electron chi connectivity index (χ0n) is 15.7. The molecule has 0 spiro atoms. The smallest absolute Gasteiger partial charge is 0.353 e. The summed E-state index contributed by atoms with van der Waals surface area (Å²) in [5.74, 6) is -1.00. The molecule has 0 atom stereocenters. The topological polar surface area (TPSA) is 140 Å². The molecule has 3 heterocycles. The highest BCUT2D eigenvalue weighted by molar-refractivity contribution is 9.11. The standard InChI is InChI=1S/C8H7BrN4O2S.C8H7BrN2O2S/c1-2-15-7(14)6(12-13-10)3-5-4-16-8(9)11-5;1-2-13-7(12)5-3-4-6(10-5)14-8(9)11-4/h3-4H,2H2,1H3;2-3H2,1H3. The summed E-state index contributed by atoms with van der Waals surface area (Å²) in [7, 11) is 0. The number of ether oxygens (including phenoxy) is 2. The van der Waals surface area contributed by atoms with Gasteiger partial charge < -0.3 is 9.47 Å². The number of aromatic nitrogens is 2. The lowest BCUT2D eigenvalue weighted by Gasteiger charge is -1.99. The second kappa shape index (κ2) is 11.9. The van der Waals surface area contributed by atoms with Crippen LogP contribution < -0.4 is 0 Å². The van der Waals surface area contributed by atoms with Crippen LogP contribution in [0.1, 0.15) is 25.2 Å². The number of halogens is 2. The van der Waals surface area contributed by atoms with Crippen molar-refractivity contribution < 1.29 is 19.1 Å². The van der Waals surface area contributed by atoms with Crippen LogP contribution in [-0.4, -0.2) is 40.8 Å². The van der Waals surface area contributed by atoms with Gasteiger partial charge in [-0.2, -0.15) is 0 Å². The highest BCUT2D eigenvalue weighted by Crippen LogP contribution is 2.35. The minimum Gasteiger partial charge on any atom is -0.462 e. The van der Waals surface area contributed by atoms with Gasteiger partial charge in [0.1, 0.15) is 16.4 Å². The van der Waals surface area contributed by atoms with Gasteiger partial charge in [0.25, 0.3) is 0 Å². The largest absolute Gasteiger partial charge is 0.462 e. The molecule has 0 saturated heterocycles. The van der Waals surface area contributed by atoms with E-state index in [0.717, 1.165) is 14.6 Å². The molecule has 2 aromatic heterocycles. The van der Waals surface area contributed by atoms with Gasteiger partial charge in [-0.1, -0.05) is 16.5 Å². The lowest BCUT2D eigenvalue weighted by molar-refractivity contribution is -0.138. The average Bonchev–Trinajstić information content (AvgIpc) is 3.37. The first kappa shape index (κ1) is 24.2. The number of hydrogen-bond acceptors (Lipinski definition) is 10. The Labute approximate surface area is 195 Å². The molecule has 0 saturated carbocycles. The maximum absolute atomic E-state index is 11.4. The lowest BCUT2D eigenvalue weighted by Crippen LogP contribution is -2.17. The second-order valence-electron chi connectivity index (χ2n) is 5.14. The number of thiazole rings is 2. The molecule has 2 aromatic rings. The van der Waals surface area contributed by atoms with Crippen LogP contribution in [0.5, 0.6) is 0 Å². The fourth-order valence-corrected chi connectivity index (χ4v) is 4.39. The van der Waals surface area contributed by atoms with Gasteiger partial charge in [0.05, 0.1) is 24.6 Å². The highest BCUT2D eigenvalue weighted by Gasteiger charge is 2.24. The SMILES string of the molecule is CCOC(=O)C(=Cc1csc(Br)n1)N=[N+]=[N-].CCOC(=O)C1=Nc2sc(Br)nc2C1. The minimum atomic E-state index is -0.663. The highest BCUT2D eigenvalue weighted by atomic mass is 79.9. The van der Waals surface area contributed by atoms with Gasteiger partial charge >= 0.3 is 11.9 Å². The van der Waals surface area contributed by atoms with Crippen molar-refractivity contribution in [3.63, 3.8) is 0 Å². The third-order valence-corrected chi connectivity index (χ3v) is 5.97. The number of aliphatic imine (C=N–C) groups is 1. The van der Waals surface area contributed by atoms with E-state index < -0.39 is 5.97 Å². The van der Waals surface area contributed by atoms with Gasteiger partial charge in [0.15, 0.2) is 7.83 Å². The van der Waals surface area contributed by atoms with Crippen LogP contribution in [-0.2, 0) is 25.5 Å². The molecule has 0 N–H and O–H groups in total. The lowest BCUT2D eigenvalue weighted by atomic mass is 10.2. The number of esters is 2. The Hall–Kier alpha value is -2.12. The predicted octanol–water partition coefficient (Wildman–Crippen LogP) is 5.22. The van der Waals surface area contributed by atoms with Gasteiger partial charge in [-0.3, -0.25) is 0 Å². The van der Waals surface area contributed by atoms with Crippen molar-refractivity contribution in [3.05, 3.63) is 40.7 Å². The fourth-order valence-electron chi connectivity index (χ4n) is 2.02. The van der Waals surface area contributed by atoms with Crippen molar-refractivity contribution in [2.75, 3.05) is 13.2 Å². The normalized spacial score (nSPS) is 12.1. The number of rotatable bonds is 6. The Morgan fingerprint density at radius 1 is 1.27 bits per heavy atom. The first-order chi connectivity index (χ1) is 14.4. The quantitative estimate of drug-likeness (QED) is 0.152. The summed E-state index contributed by atoms with van der Waals surface area (Å²) in [6, 6.07) is 0. The zero-order valence-corrected chi connectivity index (χ0v) is 20.5. The van der Waals surface area contributed by atoms with Crippen LogP contribution in [0.4, 0.5) is 5.00 Å². The molecule has 0 amide bonds. The molecule has 0 radical (unpaired) electrons. The van der Waals surface area contributed by atoms with Crippen LogP contribution in [0.15, 0.2) is 29.0 Å². The Kier molecular flexibility index (Phi) is 9.59. The molecule has 0 aromatic carbocycles. The van der Waals surface area contributed by atoms with Crippen LogP contribution in [0.25, 0.3) is 16.5 Å². The van der Waals surface area contributed by atoms with E-state index in [4.69, 9.17) is 15.0 Å². The Balaban J connectivity index is 0.000000215. The average molecular weight is 578 g/mol. The van der Waals surface area contributed by atoms with E-state index in [0.29, 0.717) is 28.4 Å². The molecule has 0 aliphatic carbocycles. The van der Waals surface area contributed by atoms with Crippen molar-refractivity contribution >= 4 is 83.3 Å². The molecule has 0 unspecified atom stereocenters. The second-order valence-corrected chi connectivity index (χ2v) is 9.53. The Morgan fingerprint density at radius 3 is 2.57 bits per heavy atom. The maximum atomic E-state index is 11.4. The molecule has 158 valence electrons. The first-order valence-electron chi connectivity index (χ1n) is 8.32. The maximum Gasteiger partial charge on any atom is 0.353 e. The van der Waals surface area contributed by atoms with E-state index >= 15 is 0 Å². The molecule has 1 aliphatic rings. The van der Waals surface area contributed by atoms with Crippen molar-refractivity contribution in [2.45, 2.75) is 20.3 Å². The predicted molar refractivity (Wildman–Crippen MR) is 121 cm³/mol. The van der Waals surface area contributed by atoms with E-state index in [1.54, 1.807) is 19.2 Å². The summed E-state index contributed by atoms with van der Waals surface area (Å²) < 4.78 is 11.1. The van der Waals surface area contributed by atoms with Crippen LogP contribution in [0.2, 0.25) is 0 Å². The summed E-state index contributed by atoms with van der Waals surface area (Å²) in [5.41, 5.74) is 10.0. The van der Waals surface area contributed by atoms with Crippen LogP contribution in [0, 0.1) is 0 Å².